The van der Waals surface area contributed by atoms with Crippen LogP contribution in [0.25, 0.3) is 0 Å². The van der Waals surface area contributed by atoms with E-state index in [9.17, 15) is 4.79 Å². The molecule has 0 aliphatic heterocycles. The summed E-state index contributed by atoms with van der Waals surface area (Å²) in [5, 5.41) is 6.14. The van der Waals surface area contributed by atoms with Gasteiger partial charge in [-0.25, -0.2) is 9.97 Å². The highest BCUT2D eigenvalue weighted by molar-refractivity contribution is 5.92. The number of benzene rings is 1. The van der Waals surface area contributed by atoms with E-state index in [2.05, 4.69) is 20.6 Å². The van der Waals surface area contributed by atoms with Gasteiger partial charge in [-0.2, -0.15) is 0 Å². The van der Waals surface area contributed by atoms with Crippen LogP contribution < -0.4 is 15.4 Å². The number of amides is 1. The molecule has 120 valence electrons. The normalized spacial score (nSPS) is 13.4. The van der Waals surface area contributed by atoms with Crippen LogP contribution in [-0.2, 0) is 6.42 Å². The first-order valence-corrected chi connectivity index (χ1v) is 7.74. The SMILES string of the molecule is COc1cccc(CCNC(=O)c2cc(NC3CC3)ncn2)c1. The van der Waals surface area contributed by atoms with E-state index in [4.69, 9.17) is 4.74 Å². The Labute approximate surface area is 135 Å². The Hall–Kier alpha value is -2.63. The van der Waals surface area contributed by atoms with Gasteiger partial charge in [0.1, 0.15) is 23.6 Å². The molecule has 2 N–H and O–H groups in total. The molecule has 1 amide bonds. The number of hydrogen-bond acceptors (Lipinski definition) is 5. The summed E-state index contributed by atoms with van der Waals surface area (Å²) in [5.41, 5.74) is 1.50. The van der Waals surface area contributed by atoms with Crippen LogP contribution in [0.5, 0.6) is 5.75 Å². The fraction of sp³-hybridized carbons (Fsp3) is 0.353. The number of hydrogen-bond donors (Lipinski definition) is 2. The van der Waals surface area contributed by atoms with Crippen LogP contribution in [0.3, 0.4) is 0 Å². The van der Waals surface area contributed by atoms with Crippen molar-refractivity contribution in [2.45, 2.75) is 25.3 Å². The second-order valence-electron chi connectivity index (χ2n) is 5.56. The van der Waals surface area contributed by atoms with E-state index in [-0.39, 0.29) is 5.91 Å². The van der Waals surface area contributed by atoms with Gasteiger partial charge < -0.3 is 15.4 Å². The topological polar surface area (TPSA) is 76.1 Å². The number of ether oxygens (including phenoxy) is 1. The third-order valence-corrected chi connectivity index (χ3v) is 3.66. The number of carbonyl (C=O) groups is 1. The van der Waals surface area contributed by atoms with Gasteiger partial charge in [0.2, 0.25) is 0 Å². The fourth-order valence-electron chi connectivity index (χ4n) is 2.24. The van der Waals surface area contributed by atoms with E-state index in [0.717, 1.165) is 30.6 Å². The molecule has 0 atom stereocenters. The summed E-state index contributed by atoms with van der Waals surface area (Å²) in [6.45, 7) is 0.543. The minimum Gasteiger partial charge on any atom is -0.497 e. The highest BCUT2D eigenvalue weighted by Gasteiger charge is 2.21. The lowest BCUT2D eigenvalue weighted by Gasteiger charge is -2.08. The Morgan fingerprint density at radius 2 is 2.17 bits per heavy atom. The highest BCUT2D eigenvalue weighted by atomic mass is 16.5. The summed E-state index contributed by atoms with van der Waals surface area (Å²) in [4.78, 5) is 20.3. The summed E-state index contributed by atoms with van der Waals surface area (Å²) in [6, 6.07) is 10.0. The molecule has 6 heteroatoms. The minimum atomic E-state index is -0.186. The van der Waals surface area contributed by atoms with Crippen LogP contribution in [0, 0.1) is 0 Å². The van der Waals surface area contributed by atoms with Gasteiger partial charge in [-0.15, -0.1) is 0 Å². The largest absolute Gasteiger partial charge is 0.497 e. The Bertz CT molecular complexity index is 686. The Balaban J connectivity index is 1.52. The molecule has 1 aromatic carbocycles. The van der Waals surface area contributed by atoms with Gasteiger partial charge in [0, 0.05) is 18.7 Å². The van der Waals surface area contributed by atoms with E-state index in [0.29, 0.717) is 24.1 Å². The average Bonchev–Trinajstić information content (AvgIpc) is 3.39. The first-order chi connectivity index (χ1) is 11.2. The predicted molar refractivity (Wildman–Crippen MR) is 87.7 cm³/mol. The zero-order valence-electron chi connectivity index (χ0n) is 13.1. The molecule has 0 bridgehead atoms. The van der Waals surface area contributed by atoms with Crippen LogP contribution in [0.15, 0.2) is 36.7 Å². The number of nitrogens with zero attached hydrogens (tertiary/aromatic N) is 2. The highest BCUT2D eigenvalue weighted by Crippen LogP contribution is 2.23. The number of carbonyl (C=O) groups excluding carboxylic acids is 1. The van der Waals surface area contributed by atoms with Crippen molar-refractivity contribution >= 4 is 11.7 Å². The Kier molecular flexibility index (Phi) is 4.71. The van der Waals surface area contributed by atoms with E-state index in [1.807, 2.05) is 24.3 Å². The molecule has 1 aliphatic carbocycles. The van der Waals surface area contributed by atoms with Crippen LogP contribution in [0.2, 0.25) is 0 Å². The Morgan fingerprint density at radius 3 is 2.96 bits per heavy atom. The molecule has 6 nitrogen and oxygen atoms in total. The molecule has 0 unspecified atom stereocenters. The summed E-state index contributed by atoms with van der Waals surface area (Å²) in [6.07, 6.45) is 4.47. The summed E-state index contributed by atoms with van der Waals surface area (Å²) in [7, 11) is 1.64. The van der Waals surface area contributed by atoms with E-state index in [1.165, 1.54) is 6.33 Å². The van der Waals surface area contributed by atoms with Gasteiger partial charge >= 0.3 is 0 Å². The molecule has 0 spiro atoms. The van der Waals surface area contributed by atoms with Crippen molar-refractivity contribution in [3.8, 4) is 5.75 Å². The number of rotatable bonds is 7. The minimum absolute atomic E-state index is 0.186. The third-order valence-electron chi connectivity index (χ3n) is 3.66. The van der Waals surface area contributed by atoms with Crippen molar-refractivity contribution in [3.05, 3.63) is 47.9 Å². The second-order valence-corrected chi connectivity index (χ2v) is 5.56. The second kappa shape index (κ2) is 7.09. The first kappa shape index (κ1) is 15.3. The van der Waals surface area contributed by atoms with Gasteiger partial charge in [-0.1, -0.05) is 12.1 Å². The van der Waals surface area contributed by atoms with Gasteiger partial charge in [-0.05, 0) is 37.0 Å². The zero-order chi connectivity index (χ0) is 16.1. The van der Waals surface area contributed by atoms with Crippen molar-refractivity contribution in [2.24, 2.45) is 0 Å². The van der Waals surface area contributed by atoms with Crippen LogP contribution >= 0.6 is 0 Å². The lowest BCUT2D eigenvalue weighted by Crippen LogP contribution is -2.26. The maximum Gasteiger partial charge on any atom is 0.270 e. The molecule has 1 heterocycles. The maximum atomic E-state index is 12.2. The molecule has 3 rings (SSSR count). The summed E-state index contributed by atoms with van der Waals surface area (Å²) >= 11 is 0. The molecule has 1 aromatic heterocycles. The number of nitrogens with one attached hydrogen (secondary N) is 2. The molecule has 1 aliphatic rings. The third kappa shape index (κ3) is 4.42. The quantitative estimate of drug-likeness (QED) is 0.818. The van der Waals surface area contributed by atoms with Gasteiger partial charge in [0.05, 0.1) is 7.11 Å². The van der Waals surface area contributed by atoms with Crippen molar-refractivity contribution in [1.29, 1.82) is 0 Å². The number of aromatic nitrogens is 2. The fourth-order valence-corrected chi connectivity index (χ4v) is 2.24. The maximum absolute atomic E-state index is 12.2. The number of anilines is 1. The van der Waals surface area contributed by atoms with Crippen molar-refractivity contribution in [2.75, 3.05) is 19.0 Å². The molecule has 0 saturated heterocycles. The van der Waals surface area contributed by atoms with Crippen LogP contribution in [0.4, 0.5) is 5.82 Å². The monoisotopic (exact) mass is 312 g/mol. The molecule has 23 heavy (non-hydrogen) atoms. The van der Waals surface area contributed by atoms with Gasteiger partial charge in [0.25, 0.3) is 5.91 Å². The van der Waals surface area contributed by atoms with E-state index >= 15 is 0 Å². The van der Waals surface area contributed by atoms with E-state index in [1.54, 1.807) is 13.2 Å². The molecular weight excluding hydrogens is 292 g/mol. The van der Waals surface area contributed by atoms with E-state index < -0.39 is 0 Å². The first-order valence-electron chi connectivity index (χ1n) is 7.74. The standard InChI is InChI=1S/C17H20N4O2/c1-23-14-4-2-3-12(9-14)7-8-18-17(22)15-10-16(20-11-19-15)21-13-5-6-13/h2-4,9-11,13H,5-8H2,1H3,(H,18,22)(H,19,20,21). The van der Waals surface area contributed by atoms with Crippen LogP contribution in [-0.4, -0.2) is 35.6 Å². The average molecular weight is 312 g/mol. The molecule has 1 fully saturated rings. The zero-order valence-corrected chi connectivity index (χ0v) is 13.1. The summed E-state index contributed by atoms with van der Waals surface area (Å²) in [5.74, 6) is 1.34. The lowest BCUT2D eigenvalue weighted by atomic mass is 10.1. The lowest BCUT2D eigenvalue weighted by molar-refractivity contribution is 0.0949. The van der Waals surface area contributed by atoms with Crippen molar-refractivity contribution in [3.63, 3.8) is 0 Å². The molecular formula is C17H20N4O2. The summed E-state index contributed by atoms with van der Waals surface area (Å²) < 4.78 is 5.19. The van der Waals surface area contributed by atoms with Gasteiger partial charge in [-0.3, -0.25) is 4.79 Å². The molecule has 2 aromatic rings. The Morgan fingerprint density at radius 1 is 1.30 bits per heavy atom. The smallest absolute Gasteiger partial charge is 0.270 e. The van der Waals surface area contributed by atoms with Crippen molar-refractivity contribution < 1.29 is 9.53 Å². The molecule has 1 saturated carbocycles. The van der Waals surface area contributed by atoms with Crippen molar-refractivity contribution in [1.82, 2.24) is 15.3 Å². The molecule has 0 radical (unpaired) electrons. The number of methoxy groups -OCH3 is 1. The van der Waals surface area contributed by atoms with Crippen LogP contribution in [0.1, 0.15) is 28.9 Å². The predicted octanol–water partition coefficient (Wildman–Crippen LogP) is 2.03. The van der Waals surface area contributed by atoms with Gasteiger partial charge in [0.15, 0.2) is 0 Å².